The highest BCUT2D eigenvalue weighted by atomic mass is 16.5. The van der Waals surface area contributed by atoms with Gasteiger partial charge in [0.25, 0.3) is 0 Å². The van der Waals surface area contributed by atoms with E-state index in [1.807, 2.05) is 43.3 Å². The minimum absolute atomic E-state index is 0.0799. The van der Waals surface area contributed by atoms with Gasteiger partial charge in [0.05, 0.1) is 25.1 Å². The second kappa shape index (κ2) is 6.75. The molecule has 1 heterocycles. The van der Waals surface area contributed by atoms with E-state index in [1.54, 1.807) is 6.20 Å². The van der Waals surface area contributed by atoms with Crippen LogP contribution in [-0.2, 0) is 13.2 Å². The zero-order valence-corrected chi connectivity index (χ0v) is 11.0. The first-order chi connectivity index (χ1) is 9.31. The summed E-state index contributed by atoms with van der Waals surface area (Å²) >= 11 is 0. The summed E-state index contributed by atoms with van der Waals surface area (Å²) in [6, 6.07) is 11.6. The molecule has 0 spiro atoms. The van der Waals surface area contributed by atoms with Gasteiger partial charge in [-0.15, -0.1) is 0 Å². The molecule has 0 saturated carbocycles. The van der Waals surface area contributed by atoms with E-state index in [9.17, 15) is 0 Å². The zero-order valence-electron chi connectivity index (χ0n) is 11.0. The summed E-state index contributed by atoms with van der Waals surface area (Å²) in [6.07, 6.45) is 1.76. The topological polar surface area (TPSA) is 54.4 Å². The number of benzene rings is 1. The molecule has 2 N–H and O–H groups in total. The van der Waals surface area contributed by atoms with Crippen LogP contribution in [0.4, 0.5) is 5.69 Å². The Bertz CT molecular complexity index is 495. The molecule has 0 unspecified atom stereocenters. The van der Waals surface area contributed by atoms with Gasteiger partial charge in [0, 0.05) is 12.6 Å². The molecule has 0 atom stereocenters. The van der Waals surface area contributed by atoms with Crippen LogP contribution in [0.15, 0.2) is 42.6 Å². The molecule has 19 heavy (non-hydrogen) atoms. The van der Waals surface area contributed by atoms with Crippen LogP contribution in [0.3, 0.4) is 0 Å². The SMILES string of the molecule is CCOc1ccc(NCc2ccc(CO)cc2)cn1. The number of aliphatic hydroxyl groups excluding tert-OH is 1. The molecule has 0 bridgehead atoms. The summed E-state index contributed by atoms with van der Waals surface area (Å²) in [6.45, 7) is 3.36. The summed E-state index contributed by atoms with van der Waals surface area (Å²) in [5, 5.41) is 12.3. The number of anilines is 1. The Hall–Kier alpha value is -2.07. The van der Waals surface area contributed by atoms with Crippen LogP contribution in [0.25, 0.3) is 0 Å². The predicted octanol–water partition coefficient (Wildman–Crippen LogP) is 2.58. The zero-order chi connectivity index (χ0) is 13.5. The monoisotopic (exact) mass is 258 g/mol. The van der Waals surface area contributed by atoms with Crippen molar-refractivity contribution in [3.63, 3.8) is 0 Å². The van der Waals surface area contributed by atoms with Crippen LogP contribution in [0.5, 0.6) is 5.88 Å². The lowest BCUT2D eigenvalue weighted by Gasteiger charge is -2.08. The first-order valence-electron chi connectivity index (χ1n) is 6.33. The Morgan fingerprint density at radius 3 is 2.42 bits per heavy atom. The molecule has 1 aromatic carbocycles. The van der Waals surface area contributed by atoms with Crippen molar-refractivity contribution in [1.82, 2.24) is 4.98 Å². The summed E-state index contributed by atoms with van der Waals surface area (Å²) < 4.78 is 5.29. The largest absolute Gasteiger partial charge is 0.478 e. The molecule has 4 nitrogen and oxygen atoms in total. The van der Waals surface area contributed by atoms with Gasteiger partial charge in [-0.3, -0.25) is 0 Å². The maximum Gasteiger partial charge on any atom is 0.213 e. The van der Waals surface area contributed by atoms with Crippen molar-refractivity contribution < 1.29 is 9.84 Å². The Kier molecular flexibility index (Phi) is 4.75. The normalized spacial score (nSPS) is 10.2. The fourth-order valence-electron chi connectivity index (χ4n) is 1.68. The van der Waals surface area contributed by atoms with Crippen LogP contribution in [0, 0.1) is 0 Å². The molecule has 0 amide bonds. The number of pyridine rings is 1. The highest BCUT2D eigenvalue weighted by Crippen LogP contribution is 2.13. The molecule has 0 aliphatic rings. The molecule has 0 aliphatic heterocycles. The number of aliphatic hydroxyl groups is 1. The van der Waals surface area contributed by atoms with E-state index in [2.05, 4.69) is 10.3 Å². The molecule has 0 radical (unpaired) electrons. The van der Waals surface area contributed by atoms with Crippen LogP contribution < -0.4 is 10.1 Å². The van der Waals surface area contributed by atoms with Gasteiger partial charge in [0.2, 0.25) is 5.88 Å². The van der Waals surface area contributed by atoms with Crippen LogP contribution in [0.1, 0.15) is 18.1 Å². The number of nitrogens with one attached hydrogen (secondary N) is 1. The lowest BCUT2D eigenvalue weighted by Crippen LogP contribution is -2.01. The second-order valence-electron chi connectivity index (χ2n) is 4.15. The maximum atomic E-state index is 8.97. The fraction of sp³-hybridized carbons (Fsp3) is 0.267. The number of aromatic nitrogens is 1. The Morgan fingerprint density at radius 1 is 1.11 bits per heavy atom. The van der Waals surface area contributed by atoms with Crippen LogP contribution in [-0.4, -0.2) is 16.7 Å². The van der Waals surface area contributed by atoms with Gasteiger partial charge in [-0.2, -0.15) is 0 Å². The summed E-state index contributed by atoms with van der Waals surface area (Å²) in [4.78, 5) is 4.19. The van der Waals surface area contributed by atoms with Crippen LogP contribution >= 0.6 is 0 Å². The molecule has 0 fully saturated rings. The van der Waals surface area contributed by atoms with E-state index in [-0.39, 0.29) is 6.61 Å². The van der Waals surface area contributed by atoms with Gasteiger partial charge in [0.15, 0.2) is 0 Å². The smallest absolute Gasteiger partial charge is 0.213 e. The molecule has 4 heteroatoms. The summed E-state index contributed by atoms with van der Waals surface area (Å²) in [7, 11) is 0. The third kappa shape index (κ3) is 3.96. The van der Waals surface area contributed by atoms with Crippen molar-refractivity contribution in [2.45, 2.75) is 20.1 Å². The van der Waals surface area contributed by atoms with E-state index in [0.717, 1.165) is 23.4 Å². The van der Waals surface area contributed by atoms with Crippen LogP contribution in [0.2, 0.25) is 0 Å². The lowest BCUT2D eigenvalue weighted by molar-refractivity contribution is 0.282. The number of hydrogen-bond acceptors (Lipinski definition) is 4. The van der Waals surface area contributed by atoms with E-state index in [4.69, 9.17) is 9.84 Å². The second-order valence-corrected chi connectivity index (χ2v) is 4.15. The van der Waals surface area contributed by atoms with Crippen molar-refractivity contribution in [2.24, 2.45) is 0 Å². The summed E-state index contributed by atoms with van der Waals surface area (Å²) in [5.41, 5.74) is 3.03. The Balaban J connectivity index is 1.90. The molecular formula is C15H18N2O2. The average molecular weight is 258 g/mol. The number of hydrogen-bond donors (Lipinski definition) is 2. The van der Waals surface area contributed by atoms with Crippen molar-refractivity contribution in [3.05, 3.63) is 53.7 Å². The quantitative estimate of drug-likeness (QED) is 0.836. The number of ether oxygens (including phenoxy) is 1. The third-order valence-electron chi connectivity index (χ3n) is 2.73. The number of rotatable bonds is 6. The molecule has 1 aromatic heterocycles. The maximum absolute atomic E-state index is 8.97. The van der Waals surface area contributed by atoms with Crippen molar-refractivity contribution >= 4 is 5.69 Å². The molecular weight excluding hydrogens is 240 g/mol. The standard InChI is InChI=1S/C15H18N2O2/c1-2-19-15-8-7-14(10-17-15)16-9-12-3-5-13(11-18)6-4-12/h3-8,10,16,18H,2,9,11H2,1H3. The Morgan fingerprint density at radius 2 is 1.84 bits per heavy atom. The molecule has 0 aliphatic carbocycles. The minimum Gasteiger partial charge on any atom is -0.478 e. The van der Waals surface area contributed by atoms with Crippen molar-refractivity contribution in [2.75, 3.05) is 11.9 Å². The van der Waals surface area contributed by atoms with Gasteiger partial charge in [0.1, 0.15) is 0 Å². The van der Waals surface area contributed by atoms with Crippen molar-refractivity contribution in [1.29, 1.82) is 0 Å². The molecule has 2 rings (SSSR count). The van der Waals surface area contributed by atoms with E-state index >= 15 is 0 Å². The number of nitrogens with zero attached hydrogens (tertiary/aromatic N) is 1. The first-order valence-corrected chi connectivity index (χ1v) is 6.33. The van der Waals surface area contributed by atoms with Gasteiger partial charge < -0.3 is 15.2 Å². The summed E-state index contributed by atoms with van der Waals surface area (Å²) in [5.74, 6) is 0.639. The first kappa shape index (κ1) is 13.4. The van der Waals surface area contributed by atoms with E-state index in [0.29, 0.717) is 12.5 Å². The van der Waals surface area contributed by atoms with E-state index < -0.39 is 0 Å². The highest BCUT2D eigenvalue weighted by molar-refractivity contribution is 5.42. The van der Waals surface area contributed by atoms with E-state index in [1.165, 1.54) is 0 Å². The van der Waals surface area contributed by atoms with Crippen molar-refractivity contribution in [3.8, 4) is 5.88 Å². The van der Waals surface area contributed by atoms with Gasteiger partial charge in [-0.25, -0.2) is 4.98 Å². The van der Waals surface area contributed by atoms with Gasteiger partial charge >= 0.3 is 0 Å². The molecule has 0 saturated heterocycles. The molecule has 2 aromatic rings. The predicted molar refractivity (Wildman–Crippen MR) is 75.1 cm³/mol. The minimum atomic E-state index is 0.0799. The average Bonchev–Trinajstić information content (AvgIpc) is 2.47. The van der Waals surface area contributed by atoms with Gasteiger partial charge in [-0.05, 0) is 24.1 Å². The highest BCUT2D eigenvalue weighted by Gasteiger charge is 1.97. The lowest BCUT2D eigenvalue weighted by atomic mass is 10.1. The van der Waals surface area contributed by atoms with Gasteiger partial charge in [-0.1, -0.05) is 24.3 Å². The fourth-order valence-corrected chi connectivity index (χ4v) is 1.68. The Labute approximate surface area is 113 Å². The third-order valence-corrected chi connectivity index (χ3v) is 2.73. The molecule has 100 valence electrons.